The largest absolute Gasteiger partial charge is 0.497 e. The fourth-order valence-electron chi connectivity index (χ4n) is 3.38. The Kier molecular flexibility index (Phi) is 5.09. The second-order valence-corrected chi connectivity index (χ2v) is 8.60. The molecule has 2 aliphatic heterocycles. The number of rotatable bonds is 4. The van der Waals surface area contributed by atoms with Gasteiger partial charge in [0.2, 0.25) is 10.0 Å². The second-order valence-electron chi connectivity index (χ2n) is 6.66. The summed E-state index contributed by atoms with van der Waals surface area (Å²) in [6.45, 7) is 3.01. The molecule has 28 heavy (non-hydrogen) atoms. The Balaban J connectivity index is 1.52. The van der Waals surface area contributed by atoms with Crippen LogP contribution in [0.15, 0.2) is 35.2 Å². The van der Waals surface area contributed by atoms with E-state index in [2.05, 4.69) is 5.10 Å². The molecule has 0 unspecified atom stereocenters. The lowest BCUT2D eigenvalue weighted by Gasteiger charge is -2.27. The maximum Gasteiger partial charge on any atom is 0.274 e. The number of benzene rings is 1. The summed E-state index contributed by atoms with van der Waals surface area (Å²) in [6, 6.07) is 8.01. The number of methoxy groups -OCH3 is 1. The summed E-state index contributed by atoms with van der Waals surface area (Å²) in [5.74, 6) is 0.455. The molecule has 0 spiro atoms. The van der Waals surface area contributed by atoms with Crippen LogP contribution in [0, 0.1) is 0 Å². The number of ether oxygens (including phenoxy) is 2. The van der Waals surface area contributed by atoms with Crippen LogP contribution in [0.3, 0.4) is 0 Å². The molecule has 0 bridgehead atoms. The van der Waals surface area contributed by atoms with Crippen molar-refractivity contribution in [3.8, 4) is 5.75 Å². The molecule has 2 aromatic rings. The highest BCUT2D eigenvalue weighted by atomic mass is 32.2. The van der Waals surface area contributed by atoms with E-state index in [0.717, 1.165) is 0 Å². The molecule has 9 nitrogen and oxygen atoms in total. The summed E-state index contributed by atoms with van der Waals surface area (Å²) >= 11 is 0. The van der Waals surface area contributed by atoms with Crippen LogP contribution in [0.4, 0.5) is 0 Å². The van der Waals surface area contributed by atoms with E-state index in [-0.39, 0.29) is 17.3 Å². The smallest absolute Gasteiger partial charge is 0.274 e. The van der Waals surface area contributed by atoms with E-state index in [9.17, 15) is 13.2 Å². The molecule has 3 heterocycles. The quantitative estimate of drug-likeness (QED) is 0.737. The fraction of sp³-hybridized carbons (Fsp3) is 0.444. The Labute approximate surface area is 163 Å². The first kappa shape index (κ1) is 18.9. The van der Waals surface area contributed by atoms with Crippen LogP contribution < -0.4 is 4.74 Å². The van der Waals surface area contributed by atoms with Gasteiger partial charge in [-0.25, -0.2) is 8.42 Å². The van der Waals surface area contributed by atoms with Gasteiger partial charge in [0.05, 0.1) is 44.0 Å². The monoisotopic (exact) mass is 406 g/mol. The van der Waals surface area contributed by atoms with E-state index in [1.165, 1.54) is 23.5 Å². The minimum Gasteiger partial charge on any atom is -0.497 e. The van der Waals surface area contributed by atoms with E-state index in [1.807, 2.05) is 0 Å². The van der Waals surface area contributed by atoms with Crippen molar-refractivity contribution in [3.05, 3.63) is 41.7 Å². The van der Waals surface area contributed by atoms with Gasteiger partial charge in [-0.2, -0.15) is 9.40 Å². The lowest BCUT2D eigenvalue weighted by molar-refractivity contribution is 0.0298. The van der Waals surface area contributed by atoms with Gasteiger partial charge in [-0.1, -0.05) is 0 Å². The van der Waals surface area contributed by atoms with Gasteiger partial charge in [0.1, 0.15) is 5.75 Å². The minimum absolute atomic E-state index is 0.144. The molecule has 1 saturated heterocycles. The zero-order valence-corrected chi connectivity index (χ0v) is 16.4. The van der Waals surface area contributed by atoms with Gasteiger partial charge in [0.15, 0.2) is 5.69 Å². The van der Waals surface area contributed by atoms with Gasteiger partial charge in [-0.3, -0.25) is 9.48 Å². The molecule has 1 aromatic heterocycles. The molecule has 0 atom stereocenters. The van der Waals surface area contributed by atoms with Crippen LogP contribution in [-0.4, -0.2) is 73.3 Å². The summed E-state index contributed by atoms with van der Waals surface area (Å²) in [4.78, 5) is 14.6. The molecular formula is C18H22N4O5S. The average molecular weight is 406 g/mol. The van der Waals surface area contributed by atoms with Crippen molar-refractivity contribution >= 4 is 15.9 Å². The van der Waals surface area contributed by atoms with Crippen molar-refractivity contribution in [1.29, 1.82) is 0 Å². The molecular weight excluding hydrogens is 384 g/mol. The Bertz CT molecular complexity index is 964. The average Bonchev–Trinajstić information content (AvgIpc) is 3.17. The van der Waals surface area contributed by atoms with Crippen molar-refractivity contribution in [2.45, 2.75) is 18.0 Å². The predicted molar refractivity (Wildman–Crippen MR) is 99.5 cm³/mol. The maximum absolute atomic E-state index is 13.0. The van der Waals surface area contributed by atoms with E-state index in [0.29, 0.717) is 56.5 Å². The highest BCUT2D eigenvalue weighted by molar-refractivity contribution is 7.89. The lowest BCUT2D eigenvalue weighted by atomic mass is 10.3. The topological polar surface area (TPSA) is 94.0 Å². The summed E-state index contributed by atoms with van der Waals surface area (Å²) in [6.07, 6.45) is 0. The first-order valence-corrected chi connectivity index (χ1v) is 10.5. The molecule has 4 rings (SSSR count). The number of aromatic nitrogens is 2. The number of fused-ring (bicyclic) bond motifs is 1. The number of amides is 1. The third-order valence-electron chi connectivity index (χ3n) is 4.98. The Morgan fingerprint density at radius 3 is 2.50 bits per heavy atom. The van der Waals surface area contributed by atoms with Crippen molar-refractivity contribution in [2.24, 2.45) is 0 Å². The Hall–Kier alpha value is -2.43. The number of hydrogen-bond donors (Lipinski definition) is 0. The number of carbonyl (C=O) groups excluding carboxylic acids is 1. The number of morpholine rings is 1. The van der Waals surface area contributed by atoms with E-state index in [1.54, 1.807) is 27.8 Å². The minimum atomic E-state index is -3.64. The molecule has 1 amide bonds. The van der Waals surface area contributed by atoms with Gasteiger partial charge < -0.3 is 14.4 Å². The maximum atomic E-state index is 13.0. The van der Waals surface area contributed by atoms with Crippen LogP contribution >= 0.6 is 0 Å². The number of carbonyl (C=O) groups is 1. The first-order chi connectivity index (χ1) is 13.5. The Morgan fingerprint density at radius 1 is 1.11 bits per heavy atom. The van der Waals surface area contributed by atoms with Crippen molar-refractivity contribution in [2.75, 3.05) is 40.0 Å². The van der Waals surface area contributed by atoms with Crippen LogP contribution in [0.25, 0.3) is 0 Å². The third-order valence-corrected chi connectivity index (χ3v) is 6.84. The molecule has 0 N–H and O–H groups in total. The second kappa shape index (κ2) is 7.53. The number of nitrogens with zero attached hydrogens (tertiary/aromatic N) is 4. The normalized spacial score (nSPS) is 18.0. The van der Waals surface area contributed by atoms with Crippen LogP contribution in [-0.2, 0) is 27.8 Å². The molecule has 1 fully saturated rings. The molecule has 2 aliphatic rings. The molecule has 10 heteroatoms. The van der Waals surface area contributed by atoms with E-state index >= 15 is 0 Å². The molecule has 0 aliphatic carbocycles. The SMILES string of the molecule is COc1ccc(S(=O)(=O)N2CCn3nc(C(=O)N4CCOCC4)cc3C2)cc1. The molecule has 150 valence electrons. The predicted octanol–water partition coefficient (Wildman–Crippen LogP) is 0.569. The van der Waals surface area contributed by atoms with Crippen LogP contribution in [0.1, 0.15) is 16.2 Å². The molecule has 1 aromatic carbocycles. The summed E-state index contributed by atoms with van der Waals surface area (Å²) in [5.41, 5.74) is 1.06. The number of sulfonamides is 1. The van der Waals surface area contributed by atoms with E-state index < -0.39 is 10.0 Å². The van der Waals surface area contributed by atoms with Gasteiger partial charge in [0, 0.05) is 19.6 Å². The van der Waals surface area contributed by atoms with Gasteiger partial charge in [-0.15, -0.1) is 0 Å². The first-order valence-electron chi connectivity index (χ1n) is 9.07. The number of hydrogen-bond acceptors (Lipinski definition) is 6. The molecule has 0 saturated carbocycles. The van der Waals surface area contributed by atoms with Crippen molar-refractivity contribution in [3.63, 3.8) is 0 Å². The van der Waals surface area contributed by atoms with Gasteiger partial charge >= 0.3 is 0 Å². The standard InChI is InChI=1S/C18H22N4O5S/c1-26-15-2-4-16(5-3-15)28(24,25)21-6-7-22-14(13-21)12-17(19-22)18(23)20-8-10-27-11-9-20/h2-5,12H,6-11,13H2,1H3. The zero-order valence-electron chi connectivity index (χ0n) is 15.6. The third kappa shape index (κ3) is 3.50. The Morgan fingerprint density at radius 2 is 1.82 bits per heavy atom. The fourth-order valence-corrected chi connectivity index (χ4v) is 4.78. The van der Waals surface area contributed by atoms with Gasteiger partial charge in [-0.05, 0) is 30.3 Å². The van der Waals surface area contributed by atoms with Gasteiger partial charge in [0.25, 0.3) is 5.91 Å². The van der Waals surface area contributed by atoms with Crippen LogP contribution in [0.2, 0.25) is 0 Å². The summed E-state index contributed by atoms with van der Waals surface area (Å²) < 4.78 is 39.4. The zero-order chi connectivity index (χ0) is 19.7. The highest BCUT2D eigenvalue weighted by Crippen LogP contribution is 2.24. The van der Waals surface area contributed by atoms with Crippen LogP contribution in [0.5, 0.6) is 5.75 Å². The summed E-state index contributed by atoms with van der Waals surface area (Å²) in [5, 5.41) is 4.38. The van der Waals surface area contributed by atoms with Crippen molar-refractivity contribution < 1.29 is 22.7 Å². The lowest BCUT2D eigenvalue weighted by Crippen LogP contribution is -2.41. The molecule has 0 radical (unpaired) electrons. The summed E-state index contributed by atoms with van der Waals surface area (Å²) in [7, 11) is -2.10. The van der Waals surface area contributed by atoms with E-state index in [4.69, 9.17) is 9.47 Å². The van der Waals surface area contributed by atoms with Crippen molar-refractivity contribution in [1.82, 2.24) is 19.0 Å². The highest BCUT2D eigenvalue weighted by Gasteiger charge is 2.31.